The van der Waals surface area contributed by atoms with Gasteiger partial charge in [0.2, 0.25) is 0 Å². The summed E-state index contributed by atoms with van der Waals surface area (Å²) in [7, 11) is 0. The van der Waals surface area contributed by atoms with Crippen molar-refractivity contribution in [3.05, 3.63) is 36.9 Å². The van der Waals surface area contributed by atoms with Crippen LogP contribution in [0.15, 0.2) is 36.9 Å². The SMILES string of the molecule is c1cc2nc(-c3n[nH]c4cnccc34)[nH]c2cn1. The van der Waals surface area contributed by atoms with Crippen LogP contribution in [0, 0.1) is 0 Å². The van der Waals surface area contributed by atoms with Gasteiger partial charge in [-0.3, -0.25) is 15.1 Å². The van der Waals surface area contributed by atoms with Crippen molar-refractivity contribution in [3.63, 3.8) is 0 Å². The first-order chi connectivity index (χ1) is 8.92. The Morgan fingerprint density at radius 2 is 1.78 bits per heavy atom. The van der Waals surface area contributed by atoms with Gasteiger partial charge in [-0.1, -0.05) is 0 Å². The number of hydrogen-bond acceptors (Lipinski definition) is 4. The minimum atomic E-state index is 0.732. The molecular formula is C12H8N6. The molecule has 4 aromatic heterocycles. The lowest BCUT2D eigenvalue weighted by molar-refractivity contribution is 1.10. The highest BCUT2D eigenvalue weighted by Gasteiger charge is 2.11. The summed E-state index contributed by atoms with van der Waals surface area (Å²) < 4.78 is 0. The van der Waals surface area contributed by atoms with E-state index in [1.54, 1.807) is 24.8 Å². The number of aromatic nitrogens is 6. The van der Waals surface area contributed by atoms with E-state index >= 15 is 0 Å². The number of nitrogens with one attached hydrogen (secondary N) is 2. The number of fused-ring (bicyclic) bond motifs is 2. The zero-order chi connectivity index (χ0) is 11.9. The van der Waals surface area contributed by atoms with E-state index in [4.69, 9.17) is 0 Å². The van der Waals surface area contributed by atoms with Crippen LogP contribution in [0.5, 0.6) is 0 Å². The minimum absolute atomic E-state index is 0.732. The molecule has 4 rings (SSSR count). The number of nitrogens with zero attached hydrogens (tertiary/aromatic N) is 4. The molecule has 86 valence electrons. The Morgan fingerprint density at radius 3 is 2.67 bits per heavy atom. The number of imidazole rings is 1. The Hall–Kier alpha value is -2.76. The van der Waals surface area contributed by atoms with Crippen LogP contribution in [0.1, 0.15) is 0 Å². The molecule has 0 aliphatic rings. The van der Waals surface area contributed by atoms with E-state index in [1.807, 2.05) is 12.1 Å². The van der Waals surface area contributed by atoms with Gasteiger partial charge in [0, 0.05) is 17.8 Å². The number of rotatable bonds is 1. The third kappa shape index (κ3) is 1.22. The summed E-state index contributed by atoms with van der Waals surface area (Å²) >= 11 is 0. The fourth-order valence-corrected chi connectivity index (χ4v) is 2.02. The zero-order valence-corrected chi connectivity index (χ0v) is 9.25. The predicted molar refractivity (Wildman–Crippen MR) is 66.8 cm³/mol. The van der Waals surface area contributed by atoms with E-state index in [9.17, 15) is 0 Å². The van der Waals surface area contributed by atoms with Gasteiger partial charge in [0.25, 0.3) is 0 Å². The second kappa shape index (κ2) is 3.36. The Morgan fingerprint density at radius 1 is 0.944 bits per heavy atom. The van der Waals surface area contributed by atoms with Gasteiger partial charge in [-0.25, -0.2) is 4.98 Å². The van der Waals surface area contributed by atoms with Crippen LogP contribution >= 0.6 is 0 Å². The van der Waals surface area contributed by atoms with E-state index in [1.165, 1.54) is 0 Å². The third-order valence-corrected chi connectivity index (χ3v) is 2.87. The molecule has 0 unspecified atom stereocenters. The van der Waals surface area contributed by atoms with Gasteiger partial charge in [-0.15, -0.1) is 0 Å². The van der Waals surface area contributed by atoms with Gasteiger partial charge in [0.15, 0.2) is 5.82 Å². The first-order valence-corrected chi connectivity index (χ1v) is 5.50. The Labute approximate surface area is 101 Å². The number of H-pyrrole nitrogens is 2. The van der Waals surface area contributed by atoms with Gasteiger partial charge in [0.1, 0.15) is 5.69 Å². The van der Waals surface area contributed by atoms with E-state index < -0.39 is 0 Å². The molecule has 0 aromatic carbocycles. The van der Waals surface area contributed by atoms with Gasteiger partial charge in [0.05, 0.1) is 28.9 Å². The number of pyridine rings is 2. The van der Waals surface area contributed by atoms with Crippen LogP contribution in [-0.4, -0.2) is 30.1 Å². The molecule has 6 nitrogen and oxygen atoms in total. The highest BCUT2D eigenvalue weighted by atomic mass is 15.1. The highest BCUT2D eigenvalue weighted by Crippen LogP contribution is 2.24. The van der Waals surface area contributed by atoms with E-state index in [0.29, 0.717) is 0 Å². The average Bonchev–Trinajstić information content (AvgIpc) is 3.02. The summed E-state index contributed by atoms with van der Waals surface area (Å²) in [5, 5.41) is 8.22. The van der Waals surface area contributed by atoms with Crippen LogP contribution in [0.3, 0.4) is 0 Å². The van der Waals surface area contributed by atoms with Crippen molar-refractivity contribution in [1.82, 2.24) is 30.1 Å². The lowest BCUT2D eigenvalue weighted by atomic mass is 10.2. The molecule has 6 heteroatoms. The lowest BCUT2D eigenvalue weighted by Crippen LogP contribution is -1.81. The molecule has 0 spiro atoms. The summed E-state index contributed by atoms with van der Waals surface area (Å²) in [6, 6.07) is 3.78. The molecule has 0 bridgehead atoms. The van der Waals surface area contributed by atoms with Crippen molar-refractivity contribution in [3.8, 4) is 11.5 Å². The highest BCUT2D eigenvalue weighted by molar-refractivity contribution is 5.92. The molecule has 4 aromatic rings. The standard InChI is InChI=1S/C12H8N6/c1-3-13-5-9-7(1)11(18-17-9)12-15-8-2-4-14-6-10(8)16-12/h1-6H,(H,15,16)(H,17,18). The van der Waals surface area contributed by atoms with Crippen molar-refractivity contribution in [2.75, 3.05) is 0 Å². The molecule has 0 radical (unpaired) electrons. The third-order valence-electron chi connectivity index (χ3n) is 2.87. The van der Waals surface area contributed by atoms with Gasteiger partial charge >= 0.3 is 0 Å². The van der Waals surface area contributed by atoms with Crippen LogP contribution in [0.4, 0.5) is 0 Å². The molecule has 0 saturated heterocycles. The molecule has 2 N–H and O–H groups in total. The second-order valence-corrected chi connectivity index (χ2v) is 3.97. The maximum Gasteiger partial charge on any atom is 0.159 e. The summed E-state index contributed by atoms with van der Waals surface area (Å²) in [5.74, 6) is 0.732. The first kappa shape index (κ1) is 9.29. The van der Waals surface area contributed by atoms with Crippen molar-refractivity contribution in [1.29, 1.82) is 0 Å². The molecular weight excluding hydrogens is 228 g/mol. The predicted octanol–water partition coefficient (Wildman–Crippen LogP) is 1.90. The molecule has 0 fully saturated rings. The van der Waals surface area contributed by atoms with Crippen molar-refractivity contribution in [2.24, 2.45) is 0 Å². The Bertz CT molecular complexity index is 811. The van der Waals surface area contributed by atoms with Crippen LogP contribution in [0.2, 0.25) is 0 Å². The van der Waals surface area contributed by atoms with Gasteiger partial charge in [-0.05, 0) is 12.1 Å². The maximum atomic E-state index is 4.51. The maximum absolute atomic E-state index is 4.51. The smallest absolute Gasteiger partial charge is 0.159 e. The Kier molecular flexibility index (Phi) is 1.74. The average molecular weight is 236 g/mol. The number of aromatic amines is 2. The van der Waals surface area contributed by atoms with Gasteiger partial charge < -0.3 is 4.98 Å². The molecule has 0 saturated carbocycles. The molecule has 18 heavy (non-hydrogen) atoms. The van der Waals surface area contributed by atoms with Crippen LogP contribution in [-0.2, 0) is 0 Å². The fraction of sp³-hybridized carbons (Fsp3) is 0. The molecule has 0 aliphatic heterocycles. The monoisotopic (exact) mass is 236 g/mol. The summed E-state index contributed by atoms with van der Waals surface area (Å²) in [6.45, 7) is 0. The quantitative estimate of drug-likeness (QED) is 0.528. The summed E-state index contributed by atoms with van der Waals surface area (Å²) in [4.78, 5) is 15.8. The van der Waals surface area contributed by atoms with E-state index in [-0.39, 0.29) is 0 Å². The van der Waals surface area contributed by atoms with Crippen LogP contribution in [0.25, 0.3) is 33.5 Å². The van der Waals surface area contributed by atoms with Gasteiger partial charge in [-0.2, -0.15) is 5.10 Å². The van der Waals surface area contributed by atoms with Crippen molar-refractivity contribution in [2.45, 2.75) is 0 Å². The zero-order valence-electron chi connectivity index (χ0n) is 9.25. The largest absolute Gasteiger partial charge is 0.335 e. The minimum Gasteiger partial charge on any atom is -0.335 e. The molecule has 0 atom stereocenters. The Balaban J connectivity index is 2.01. The van der Waals surface area contributed by atoms with E-state index in [0.717, 1.165) is 33.5 Å². The van der Waals surface area contributed by atoms with Crippen molar-refractivity contribution >= 4 is 21.9 Å². The number of hydrogen-bond donors (Lipinski definition) is 2. The molecule has 0 aliphatic carbocycles. The van der Waals surface area contributed by atoms with E-state index in [2.05, 4.69) is 30.1 Å². The topological polar surface area (TPSA) is 83.1 Å². The lowest BCUT2D eigenvalue weighted by Gasteiger charge is -1.90. The fourth-order valence-electron chi connectivity index (χ4n) is 2.02. The normalized spacial score (nSPS) is 11.3. The summed E-state index contributed by atoms with van der Waals surface area (Å²) in [5.41, 5.74) is 3.47. The molecule has 4 heterocycles. The molecule has 0 amide bonds. The van der Waals surface area contributed by atoms with Crippen LogP contribution < -0.4 is 0 Å². The van der Waals surface area contributed by atoms with Crippen molar-refractivity contribution < 1.29 is 0 Å². The second-order valence-electron chi connectivity index (χ2n) is 3.97. The first-order valence-electron chi connectivity index (χ1n) is 5.50. The summed E-state index contributed by atoms with van der Waals surface area (Å²) in [6.07, 6.45) is 6.96.